The number of rotatable bonds is 6. The molecule has 1 amide bonds. The maximum absolute atomic E-state index is 13.4. The Kier molecular flexibility index (Phi) is 5.37. The smallest absolute Gasteiger partial charge is 0.235 e. The van der Waals surface area contributed by atoms with Gasteiger partial charge in [0.2, 0.25) is 12.7 Å². The fourth-order valence-electron chi connectivity index (χ4n) is 5.00. The second kappa shape index (κ2) is 8.03. The van der Waals surface area contributed by atoms with E-state index in [1.54, 1.807) is 0 Å². The first-order valence-electron chi connectivity index (χ1n) is 11.8. The van der Waals surface area contributed by atoms with E-state index < -0.39 is 11.5 Å². The normalized spacial score (nSPS) is 17.1. The molecule has 0 saturated heterocycles. The molecule has 2 heterocycles. The molecular weight excluding hydrogens is 432 g/mol. The van der Waals surface area contributed by atoms with Crippen LogP contribution >= 0.6 is 0 Å². The van der Waals surface area contributed by atoms with Gasteiger partial charge in [0.15, 0.2) is 11.5 Å². The van der Waals surface area contributed by atoms with E-state index in [9.17, 15) is 15.0 Å². The van der Waals surface area contributed by atoms with Gasteiger partial charge in [0.1, 0.15) is 0 Å². The lowest BCUT2D eigenvalue weighted by atomic mass is 9.92. The molecule has 7 heteroatoms. The molecule has 1 atom stereocenters. The van der Waals surface area contributed by atoms with E-state index in [1.165, 1.54) is 0 Å². The third kappa shape index (κ3) is 3.83. The molecule has 1 fully saturated rings. The quantitative estimate of drug-likeness (QED) is 0.505. The monoisotopic (exact) mass is 466 g/mol. The van der Waals surface area contributed by atoms with Crippen molar-refractivity contribution in [1.29, 1.82) is 0 Å². The summed E-state index contributed by atoms with van der Waals surface area (Å²) in [4.78, 5) is 13.4. The standard InChI is InChI=1S/C27H32N2O5.H2/c1-16-9-19(10-17-11-23(26(2,3)4)29(24(16)17)13-20(31)14-30)28-25(32)27(7-8-27)18-5-6-21-22(12-18)34-15-33-21;/h5-6,9-12,20,30-31H,7-8,13-15H2,1-4H3,(H,28,32);1H/t20-;/m0./s1. The first kappa shape index (κ1) is 22.7. The molecule has 1 aromatic heterocycles. The van der Waals surface area contributed by atoms with Crippen molar-refractivity contribution in [2.45, 2.75) is 64.0 Å². The number of nitrogens with zero attached hydrogens (tertiary/aromatic N) is 1. The highest BCUT2D eigenvalue weighted by Crippen LogP contribution is 2.51. The Bertz CT molecular complexity index is 1270. The molecule has 2 aliphatic rings. The molecule has 3 aromatic rings. The number of benzene rings is 2. The van der Waals surface area contributed by atoms with E-state index in [4.69, 9.17) is 9.47 Å². The average molecular weight is 467 g/mol. The van der Waals surface area contributed by atoms with Gasteiger partial charge in [0.25, 0.3) is 0 Å². The van der Waals surface area contributed by atoms with Gasteiger partial charge >= 0.3 is 0 Å². The van der Waals surface area contributed by atoms with E-state index in [1.807, 2.05) is 37.3 Å². The summed E-state index contributed by atoms with van der Waals surface area (Å²) in [6, 6.07) is 11.8. The first-order valence-corrected chi connectivity index (χ1v) is 11.8. The van der Waals surface area contributed by atoms with Crippen molar-refractivity contribution in [3.05, 3.63) is 53.2 Å². The van der Waals surface area contributed by atoms with Crippen LogP contribution in [0, 0.1) is 6.92 Å². The summed E-state index contributed by atoms with van der Waals surface area (Å²) in [7, 11) is 0. The minimum Gasteiger partial charge on any atom is -0.454 e. The van der Waals surface area contributed by atoms with Crippen molar-refractivity contribution >= 4 is 22.5 Å². The molecule has 182 valence electrons. The van der Waals surface area contributed by atoms with Crippen LogP contribution in [0.4, 0.5) is 5.69 Å². The lowest BCUT2D eigenvalue weighted by Crippen LogP contribution is -2.27. The molecule has 1 saturated carbocycles. The van der Waals surface area contributed by atoms with Gasteiger partial charge in [-0.3, -0.25) is 4.79 Å². The number of aryl methyl sites for hydroxylation is 1. The average Bonchev–Trinajstić information content (AvgIpc) is 3.31. The number of nitrogens with one attached hydrogen (secondary N) is 1. The third-order valence-corrected chi connectivity index (χ3v) is 6.92. The number of hydrogen-bond acceptors (Lipinski definition) is 5. The Morgan fingerprint density at radius 3 is 2.59 bits per heavy atom. The number of ether oxygens (including phenoxy) is 2. The van der Waals surface area contributed by atoms with Crippen molar-refractivity contribution in [3.63, 3.8) is 0 Å². The molecular formula is C27H34N2O5. The summed E-state index contributed by atoms with van der Waals surface area (Å²) in [5.74, 6) is 1.39. The van der Waals surface area contributed by atoms with Crippen LogP contribution in [-0.2, 0) is 22.2 Å². The van der Waals surface area contributed by atoms with Gasteiger partial charge in [-0.2, -0.15) is 0 Å². The SMILES string of the molecule is Cc1cc(NC(=O)C2(c3ccc4c(c3)OCO4)CC2)cc2cc(C(C)(C)C)n(C[C@H](O)CO)c12.[HH]. The summed E-state index contributed by atoms with van der Waals surface area (Å²) >= 11 is 0. The Morgan fingerprint density at radius 1 is 1.18 bits per heavy atom. The van der Waals surface area contributed by atoms with Gasteiger partial charge < -0.3 is 29.6 Å². The molecule has 5 rings (SSSR count). The van der Waals surface area contributed by atoms with E-state index in [2.05, 4.69) is 36.7 Å². The third-order valence-electron chi connectivity index (χ3n) is 6.92. The van der Waals surface area contributed by atoms with Crippen LogP contribution in [0.15, 0.2) is 36.4 Å². The number of amides is 1. The van der Waals surface area contributed by atoms with E-state index in [-0.39, 0.29) is 26.1 Å². The molecule has 2 aromatic carbocycles. The molecule has 3 N–H and O–H groups in total. The zero-order valence-electron chi connectivity index (χ0n) is 20.1. The Morgan fingerprint density at radius 2 is 1.91 bits per heavy atom. The number of fused-ring (bicyclic) bond motifs is 2. The van der Waals surface area contributed by atoms with E-state index in [0.29, 0.717) is 18.0 Å². The topological polar surface area (TPSA) is 93.0 Å². The Labute approximate surface area is 200 Å². The van der Waals surface area contributed by atoms with Crippen LogP contribution in [0.2, 0.25) is 0 Å². The Balaban J connectivity index is 0.00000289. The number of aromatic nitrogens is 1. The van der Waals surface area contributed by atoms with Crippen molar-refractivity contribution < 1.29 is 25.9 Å². The minimum absolute atomic E-state index is 0. The lowest BCUT2D eigenvalue weighted by molar-refractivity contribution is -0.118. The zero-order valence-corrected chi connectivity index (χ0v) is 20.1. The summed E-state index contributed by atoms with van der Waals surface area (Å²) < 4.78 is 13.0. The molecule has 7 nitrogen and oxygen atoms in total. The molecule has 0 spiro atoms. The molecule has 1 aliphatic carbocycles. The van der Waals surface area contributed by atoms with Crippen LogP contribution in [0.5, 0.6) is 11.5 Å². The van der Waals surface area contributed by atoms with Crippen LogP contribution < -0.4 is 14.8 Å². The molecule has 0 bridgehead atoms. The van der Waals surface area contributed by atoms with Crippen molar-refractivity contribution in [1.82, 2.24) is 4.57 Å². The maximum Gasteiger partial charge on any atom is 0.235 e. The van der Waals surface area contributed by atoms with Gasteiger partial charge in [-0.15, -0.1) is 0 Å². The summed E-state index contributed by atoms with van der Waals surface area (Å²) in [6.45, 7) is 8.63. The van der Waals surface area contributed by atoms with Gasteiger partial charge in [-0.05, 0) is 61.2 Å². The highest BCUT2D eigenvalue weighted by molar-refractivity contribution is 6.03. The maximum atomic E-state index is 13.4. The van der Waals surface area contributed by atoms with Crippen LogP contribution in [0.25, 0.3) is 10.9 Å². The lowest BCUT2D eigenvalue weighted by Gasteiger charge is -2.24. The summed E-state index contributed by atoms with van der Waals surface area (Å²) in [5, 5.41) is 23.7. The van der Waals surface area contributed by atoms with E-state index >= 15 is 0 Å². The number of anilines is 1. The highest BCUT2D eigenvalue weighted by Gasteiger charge is 2.51. The number of carbonyl (C=O) groups excluding carboxylic acids is 1. The van der Waals surface area contributed by atoms with Gasteiger partial charge in [0.05, 0.1) is 30.2 Å². The molecule has 1 aliphatic heterocycles. The minimum atomic E-state index is -0.841. The number of aliphatic hydroxyl groups is 2. The second-order valence-electron chi connectivity index (χ2n) is 10.6. The van der Waals surface area contributed by atoms with Crippen molar-refractivity contribution in [3.8, 4) is 11.5 Å². The molecule has 34 heavy (non-hydrogen) atoms. The zero-order chi connectivity index (χ0) is 24.3. The second-order valence-corrected chi connectivity index (χ2v) is 10.6. The van der Waals surface area contributed by atoms with E-state index in [0.717, 1.165) is 46.3 Å². The summed E-state index contributed by atoms with van der Waals surface area (Å²) in [6.07, 6.45) is 0.749. The van der Waals surface area contributed by atoms with Gasteiger partial charge in [-0.1, -0.05) is 26.8 Å². The molecule has 0 radical (unpaired) electrons. The molecule has 0 unspecified atom stereocenters. The predicted octanol–water partition coefficient (Wildman–Crippen LogP) is 4.25. The fraction of sp³-hybridized carbons (Fsp3) is 0.444. The largest absolute Gasteiger partial charge is 0.454 e. The number of hydrogen-bond donors (Lipinski definition) is 3. The highest BCUT2D eigenvalue weighted by atomic mass is 16.7. The van der Waals surface area contributed by atoms with Crippen LogP contribution in [0.3, 0.4) is 0 Å². The first-order chi connectivity index (χ1) is 16.1. The van der Waals surface area contributed by atoms with Gasteiger partial charge in [-0.25, -0.2) is 0 Å². The number of aliphatic hydroxyl groups excluding tert-OH is 2. The van der Waals surface area contributed by atoms with Crippen LogP contribution in [-0.4, -0.2) is 40.2 Å². The van der Waals surface area contributed by atoms with Crippen molar-refractivity contribution in [2.24, 2.45) is 0 Å². The Hall–Kier alpha value is -3.03. The number of carbonyl (C=O) groups is 1. The predicted molar refractivity (Wildman–Crippen MR) is 133 cm³/mol. The fourth-order valence-corrected chi connectivity index (χ4v) is 5.00. The van der Waals surface area contributed by atoms with Crippen molar-refractivity contribution in [2.75, 3.05) is 18.7 Å². The van der Waals surface area contributed by atoms with Gasteiger partial charge in [0, 0.05) is 23.6 Å². The van der Waals surface area contributed by atoms with Crippen LogP contribution in [0.1, 0.15) is 51.9 Å². The summed E-state index contributed by atoms with van der Waals surface area (Å²) in [5.41, 5.74) is 4.09.